The number of nitrogens with zero attached hydrogens (tertiary/aromatic N) is 2. The van der Waals surface area contributed by atoms with E-state index >= 15 is 0 Å². The lowest BCUT2D eigenvalue weighted by molar-refractivity contribution is -0.134. The second kappa shape index (κ2) is 9.99. The number of ether oxygens (including phenoxy) is 2. The van der Waals surface area contributed by atoms with Crippen molar-refractivity contribution in [1.29, 1.82) is 0 Å². The molecule has 0 spiro atoms. The molecule has 172 valence electrons. The van der Waals surface area contributed by atoms with Crippen LogP contribution in [0.2, 0.25) is 0 Å². The molecule has 0 aliphatic rings. The number of amides is 1. The summed E-state index contributed by atoms with van der Waals surface area (Å²) in [5, 5.41) is 11.2. The van der Waals surface area contributed by atoms with Crippen molar-refractivity contribution in [1.82, 2.24) is 10.2 Å². The fourth-order valence-electron chi connectivity index (χ4n) is 3.28. The Morgan fingerprint density at radius 3 is 2.50 bits per heavy atom. The molecular formula is C26H23N3O5. The van der Waals surface area contributed by atoms with Crippen molar-refractivity contribution in [3.8, 4) is 34.4 Å². The number of aryl methyl sites for hydroxylation is 1. The van der Waals surface area contributed by atoms with Gasteiger partial charge >= 0.3 is 5.97 Å². The van der Waals surface area contributed by atoms with Gasteiger partial charge < -0.3 is 19.2 Å². The van der Waals surface area contributed by atoms with Gasteiger partial charge in [-0.1, -0.05) is 31.2 Å². The maximum absolute atomic E-state index is 12.8. The number of carbonyl (C=O) groups is 2. The molecule has 4 aromatic rings. The van der Waals surface area contributed by atoms with Crippen LogP contribution < -0.4 is 14.8 Å². The van der Waals surface area contributed by atoms with Crippen LogP contribution in [0, 0.1) is 6.92 Å². The second-order valence-electron chi connectivity index (χ2n) is 7.46. The zero-order valence-electron chi connectivity index (χ0n) is 19.0. The molecule has 1 heterocycles. The van der Waals surface area contributed by atoms with Gasteiger partial charge in [-0.25, -0.2) is 0 Å². The maximum Gasteiger partial charge on any atom is 0.311 e. The van der Waals surface area contributed by atoms with Crippen LogP contribution in [0.15, 0.2) is 71.1 Å². The van der Waals surface area contributed by atoms with Crippen molar-refractivity contribution in [2.75, 3.05) is 12.4 Å². The summed E-state index contributed by atoms with van der Waals surface area (Å²) in [6, 6.07) is 19.5. The van der Waals surface area contributed by atoms with Gasteiger partial charge in [0.05, 0.1) is 7.11 Å². The fourth-order valence-corrected chi connectivity index (χ4v) is 3.28. The predicted molar refractivity (Wildman–Crippen MR) is 127 cm³/mol. The predicted octanol–water partition coefficient (Wildman–Crippen LogP) is 5.29. The molecule has 4 rings (SSSR count). The van der Waals surface area contributed by atoms with Crippen LogP contribution in [0.25, 0.3) is 22.9 Å². The Kier molecular flexibility index (Phi) is 6.68. The van der Waals surface area contributed by atoms with Crippen molar-refractivity contribution in [3.05, 3.63) is 77.9 Å². The van der Waals surface area contributed by atoms with E-state index in [0.717, 1.165) is 11.1 Å². The van der Waals surface area contributed by atoms with E-state index in [4.69, 9.17) is 13.9 Å². The van der Waals surface area contributed by atoms with E-state index in [9.17, 15) is 9.59 Å². The molecule has 1 aromatic heterocycles. The summed E-state index contributed by atoms with van der Waals surface area (Å²) in [7, 11) is 1.44. The first-order valence-corrected chi connectivity index (χ1v) is 10.7. The zero-order valence-corrected chi connectivity index (χ0v) is 19.0. The van der Waals surface area contributed by atoms with Gasteiger partial charge in [-0.2, -0.15) is 0 Å². The number of hydrogen-bond donors (Lipinski definition) is 1. The summed E-state index contributed by atoms with van der Waals surface area (Å²) < 4.78 is 16.4. The number of benzene rings is 3. The number of hydrogen-bond acceptors (Lipinski definition) is 7. The van der Waals surface area contributed by atoms with E-state index in [0.29, 0.717) is 28.6 Å². The molecular weight excluding hydrogens is 434 g/mol. The van der Waals surface area contributed by atoms with Crippen molar-refractivity contribution < 1.29 is 23.5 Å². The summed E-state index contributed by atoms with van der Waals surface area (Å²) in [6.07, 6.45) is 0.230. The SMILES string of the molecule is CCC(=O)Oc1ccc(C(=O)Nc2cccc(-c3nnc(-c4ccccc4C)o3)c2)cc1OC. The lowest BCUT2D eigenvalue weighted by Gasteiger charge is -2.11. The smallest absolute Gasteiger partial charge is 0.311 e. The molecule has 1 amide bonds. The van der Waals surface area contributed by atoms with Crippen LogP contribution in [0.5, 0.6) is 11.5 Å². The number of rotatable bonds is 7. The zero-order chi connectivity index (χ0) is 24.1. The molecule has 0 aliphatic carbocycles. The third-order valence-electron chi connectivity index (χ3n) is 5.11. The molecule has 0 atom stereocenters. The van der Waals surface area contributed by atoms with Crippen LogP contribution in [-0.4, -0.2) is 29.2 Å². The Morgan fingerprint density at radius 1 is 0.941 bits per heavy atom. The topological polar surface area (TPSA) is 104 Å². The average molecular weight is 457 g/mol. The number of anilines is 1. The van der Waals surface area contributed by atoms with E-state index in [2.05, 4.69) is 15.5 Å². The summed E-state index contributed by atoms with van der Waals surface area (Å²) in [6.45, 7) is 3.67. The van der Waals surface area contributed by atoms with Crippen molar-refractivity contribution in [2.24, 2.45) is 0 Å². The first-order valence-electron chi connectivity index (χ1n) is 10.7. The molecule has 0 unspecified atom stereocenters. The summed E-state index contributed by atoms with van der Waals surface area (Å²) >= 11 is 0. The Hall–Kier alpha value is -4.46. The van der Waals surface area contributed by atoms with Crippen molar-refractivity contribution >= 4 is 17.6 Å². The molecule has 0 aliphatic heterocycles. The lowest BCUT2D eigenvalue weighted by Crippen LogP contribution is -2.13. The maximum atomic E-state index is 12.8. The number of methoxy groups -OCH3 is 1. The van der Waals surface area contributed by atoms with Crippen LogP contribution in [0.4, 0.5) is 5.69 Å². The third kappa shape index (κ3) is 4.96. The van der Waals surface area contributed by atoms with Gasteiger partial charge in [-0.3, -0.25) is 9.59 Å². The van der Waals surface area contributed by atoms with Gasteiger partial charge in [0.1, 0.15) is 0 Å². The van der Waals surface area contributed by atoms with Gasteiger partial charge in [-0.05, 0) is 55.0 Å². The first-order chi connectivity index (χ1) is 16.5. The number of carbonyl (C=O) groups excluding carboxylic acids is 2. The Labute approximate surface area is 196 Å². The van der Waals surface area contributed by atoms with Gasteiger partial charge in [-0.15, -0.1) is 10.2 Å². The standard InChI is InChI=1S/C26H23N3O5/c1-4-23(30)33-21-13-12-17(15-22(21)32-3)24(31)27-19-10-7-9-18(14-19)25-28-29-26(34-25)20-11-6-5-8-16(20)2/h5-15H,4H2,1-3H3,(H,27,31). The molecule has 0 saturated carbocycles. The first kappa shape index (κ1) is 22.7. The van der Waals surface area contributed by atoms with Crippen LogP contribution in [-0.2, 0) is 4.79 Å². The summed E-state index contributed by atoms with van der Waals surface area (Å²) in [5.74, 6) is 0.581. The van der Waals surface area contributed by atoms with Gasteiger partial charge in [0.25, 0.3) is 5.91 Å². The number of nitrogens with one attached hydrogen (secondary N) is 1. The highest BCUT2D eigenvalue weighted by molar-refractivity contribution is 6.05. The van der Waals surface area contributed by atoms with E-state index in [1.807, 2.05) is 37.3 Å². The van der Waals surface area contributed by atoms with Gasteiger partial charge in [0, 0.05) is 28.8 Å². The minimum absolute atomic E-state index is 0.230. The summed E-state index contributed by atoms with van der Waals surface area (Å²) in [5.41, 5.74) is 3.47. The number of esters is 1. The van der Waals surface area contributed by atoms with Crippen LogP contribution in [0.1, 0.15) is 29.3 Å². The molecule has 34 heavy (non-hydrogen) atoms. The molecule has 1 N–H and O–H groups in total. The van der Waals surface area contributed by atoms with Crippen molar-refractivity contribution in [2.45, 2.75) is 20.3 Å². The van der Waals surface area contributed by atoms with E-state index in [1.165, 1.54) is 19.2 Å². The Morgan fingerprint density at radius 2 is 1.74 bits per heavy atom. The lowest BCUT2D eigenvalue weighted by atomic mass is 10.1. The van der Waals surface area contributed by atoms with E-state index in [1.54, 1.807) is 31.2 Å². The highest BCUT2D eigenvalue weighted by atomic mass is 16.6. The molecule has 8 nitrogen and oxygen atoms in total. The fraction of sp³-hybridized carbons (Fsp3) is 0.154. The molecule has 3 aromatic carbocycles. The molecule has 0 bridgehead atoms. The monoisotopic (exact) mass is 457 g/mol. The number of aromatic nitrogens is 2. The minimum atomic E-state index is -0.390. The normalized spacial score (nSPS) is 10.6. The molecule has 0 radical (unpaired) electrons. The quantitative estimate of drug-likeness (QED) is 0.297. The Balaban J connectivity index is 1.52. The van der Waals surface area contributed by atoms with Crippen LogP contribution >= 0.6 is 0 Å². The van der Waals surface area contributed by atoms with Crippen LogP contribution in [0.3, 0.4) is 0 Å². The summed E-state index contributed by atoms with van der Waals surface area (Å²) in [4.78, 5) is 24.4. The molecule has 8 heteroatoms. The van der Waals surface area contributed by atoms with Gasteiger partial charge in [0.2, 0.25) is 11.8 Å². The largest absolute Gasteiger partial charge is 0.493 e. The molecule has 0 saturated heterocycles. The van der Waals surface area contributed by atoms with Gasteiger partial charge in [0.15, 0.2) is 11.5 Å². The van der Waals surface area contributed by atoms with E-state index in [-0.39, 0.29) is 29.8 Å². The molecule has 0 fully saturated rings. The van der Waals surface area contributed by atoms with E-state index < -0.39 is 0 Å². The highest BCUT2D eigenvalue weighted by Crippen LogP contribution is 2.30. The highest BCUT2D eigenvalue weighted by Gasteiger charge is 2.15. The Bertz CT molecular complexity index is 1350. The third-order valence-corrected chi connectivity index (χ3v) is 5.11. The minimum Gasteiger partial charge on any atom is -0.493 e. The van der Waals surface area contributed by atoms with Crippen molar-refractivity contribution in [3.63, 3.8) is 0 Å². The average Bonchev–Trinajstić information content (AvgIpc) is 3.34. The second-order valence-corrected chi connectivity index (χ2v) is 7.46.